The van der Waals surface area contributed by atoms with Crippen molar-refractivity contribution >= 4 is 23.4 Å². The van der Waals surface area contributed by atoms with Crippen molar-refractivity contribution in [1.29, 1.82) is 0 Å². The SMILES string of the molecule is Cc1ccncc1NC(=O)N(C)c1ccccc1C(=O)O. The van der Waals surface area contributed by atoms with Gasteiger partial charge in [-0.25, -0.2) is 9.59 Å². The lowest BCUT2D eigenvalue weighted by molar-refractivity contribution is 0.0697. The first kappa shape index (κ1) is 14.5. The molecule has 0 saturated carbocycles. The first-order valence-corrected chi connectivity index (χ1v) is 6.28. The van der Waals surface area contributed by atoms with Gasteiger partial charge in [0.1, 0.15) is 0 Å². The van der Waals surface area contributed by atoms with E-state index in [9.17, 15) is 9.59 Å². The van der Waals surface area contributed by atoms with Crippen LogP contribution in [0, 0.1) is 6.92 Å². The van der Waals surface area contributed by atoms with E-state index in [1.54, 1.807) is 36.7 Å². The van der Waals surface area contributed by atoms with E-state index >= 15 is 0 Å². The molecule has 0 radical (unpaired) electrons. The highest BCUT2D eigenvalue weighted by Gasteiger charge is 2.18. The molecule has 0 aliphatic carbocycles. The van der Waals surface area contributed by atoms with E-state index in [0.717, 1.165) is 5.56 Å². The number of carbonyl (C=O) groups excluding carboxylic acids is 1. The largest absolute Gasteiger partial charge is 0.478 e. The van der Waals surface area contributed by atoms with Gasteiger partial charge >= 0.3 is 12.0 Å². The lowest BCUT2D eigenvalue weighted by atomic mass is 10.1. The molecule has 0 aliphatic rings. The molecule has 6 nitrogen and oxygen atoms in total. The molecule has 0 bridgehead atoms. The van der Waals surface area contributed by atoms with Crippen molar-refractivity contribution in [2.24, 2.45) is 0 Å². The maximum absolute atomic E-state index is 12.2. The molecule has 0 unspecified atom stereocenters. The molecule has 1 aromatic carbocycles. The van der Waals surface area contributed by atoms with E-state index < -0.39 is 12.0 Å². The third kappa shape index (κ3) is 3.17. The third-order valence-electron chi connectivity index (χ3n) is 3.08. The minimum atomic E-state index is -1.08. The first-order chi connectivity index (χ1) is 10.0. The highest BCUT2D eigenvalue weighted by atomic mass is 16.4. The molecular formula is C15H15N3O3. The highest BCUT2D eigenvalue weighted by molar-refractivity contribution is 6.06. The number of urea groups is 1. The average molecular weight is 285 g/mol. The Morgan fingerprint density at radius 2 is 1.95 bits per heavy atom. The zero-order valence-electron chi connectivity index (χ0n) is 11.7. The molecule has 2 N–H and O–H groups in total. The standard InChI is InChI=1S/C15H15N3O3/c1-10-7-8-16-9-12(10)17-15(21)18(2)13-6-4-3-5-11(13)14(19)20/h3-9H,1-2H3,(H,17,21)(H,19,20). The number of aryl methyl sites for hydroxylation is 1. The van der Waals surface area contributed by atoms with Crippen molar-refractivity contribution < 1.29 is 14.7 Å². The van der Waals surface area contributed by atoms with Crippen LogP contribution in [0.25, 0.3) is 0 Å². The number of rotatable bonds is 3. The van der Waals surface area contributed by atoms with E-state index in [-0.39, 0.29) is 5.56 Å². The second-order valence-electron chi connectivity index (χ2n) is 4.50. The van der Waals surface area contributed by atoms with Crippen molar-refractivity contribution in [3.63, 3.8) is 0 Å². The molecule has 0 saturated heterocycles. The minimum Gasteiger partial charge on any atom is -0.478 e. The quantitative estimate of drug-likeness (QED) is 0.908. The summed E-state index contributed by atoms with van der Waals surface area (Å²) in [5, 5.41) is 11.9. The summed E-state index contributed by atoms with van der Waals surface area (Å²) < 4.78 is 0. The molecule has 6 heteroatoms. The Morgan fingerprint density at radius 3 is 2.62 bits per heavy atom. The zero-order chi connectivity index (χ0) is 15.4. The van der Waals surface area contributed by atoms with Crippen LogP contribution in [0.4, 0.5) is 16.2 Å². The molecule has 2 amide bonds. The molecule has 0 atom stereocenters. The molecule has 1 heterocycles. The predicted molar refractivity (Wildman–Crippen MR) is 79.8 cm³/mol. The Morgan fingerprint density at radius 1 is 1.24 bits per heavy atom. The van der Waals surface area contributed by atoms with E-state index in [0.29, 0.717) is 11.4 Å². The number of nitrogens with one attached hydrogen (secondary N) is 1. The van der Waals surface area contributed by atoms with Gasteiger partial charge in [0.25, 0.3) is 0 Å². The van der Waals surface area contributed by atoms with Gasteiger partial charge in [-0.3, -0.25) is 9.88 Å². The van der Waals surface area contributed by atoms with Gasteiger partial charge in [0.2, 0.25) is 0 Å². The summed E-state index contributed by atoms with van der Waals surface area (Å²) in [5.41, 5.74) is 1.85. The molecule has 2 rings (SSSR count). The fourth-order valence-corrected chi connectivity index (χ4v) is 1.85. The number of carboxylic acid groups (broad SMARTS) is 1. The maximum atomic E-state index is 12.2. The van der Waals surface area contributed by atoms with Gasteiger partial charge in [-0.2, -0.15) is 0 Å². The number of carboxylic acids is 1. The van der Waals surface area contributed by atoms with Gasteiger partial charge in [0.15, 0.2) is 0 Å². The lowest BCUT2D eigenvalue weighted by Gasteiger charge is -2.20. The Labute approximate surface area is 122 Å². The summed E-state index contributed by atoms with van der Waals surface area (Å²) in [4.78, 5) is 28.6. The van der Waals surface area contributed by atoms with Gasteiger partial charge in [0.05, 0.1) is 23.1 Å². The van der Waals surface area contributed by atoms with Crippen molar-refractivity contribution in [2.45, 2.75) is 6.92 Å². The van der Waals surface area contributed by atoms with Crippen LogP contribution in [-0.2, 0) is 0 Å². The molecule has 0 aliphatic heterocycles. The summed E-state index contributed by atoms with van der Waals surface area (Å²) in [6, 6.07) is 7.68. The van der Waals surface area contributed by atoms with Crippen LogP contribution in [0.5, 0.6) is 0 Å². The van der Waals surface area contributed by atoms with Gasteiger partial charge in [-0.05, 0) is 30.7 Å². The summed E-state index contributed by atoms with van der Waals surface area (Å²) in [5.74, 6) is -1.08. The molecule has 0 spiro atoms. The number of pyridine rings is 1. The Bertz CT molecular complexity index is 685. The summed E-state index contributed by atoms with van der Waals surface area (Å²) in [6.45, 7) is 1.85. The van der Waals surface area contributed by atoms with Crippen LogP contribution >= 0.6 is 0 Å². The highest BCUT2D eigenvalue weighted by Crippen LogP contribution is 2.20. The van der Waals surface area contributed by atoms with E-state index in [4.69, 9.17) is 5.11 Å². The molecule has 1 aromatic heterocycles. The summed E-state index contributed by atoms with van der Waals surface area (Å²) in [6.07, 6.45) is 3.18. The van der Waals surface area contributed by atoms with Crippen molar-refractivity contribution in [1.82, 2.24) is 4.98 Å². The number of aromatic nitrogens is 1. The smallest absolute Gasteiger partial charge is 0.337 e. The zero-order valence-corrected chi connectivity index (χ0v) is 11.7. The Balaban J connectivity index is 2.24. The average Bonchev–Trinajstić information content (AvgIpc) is 2.48. The number of aromatic carboxylic acids is 1. The Kier molecular flexibility index (Phi) is 4.18. The number of anilines is 2. The van der Waals surface area contributed by atoms with E-state index in [2.05, 4.69) is 10.3 Å². The Hall–Kier alpha value is -2.89. The van der Waals surface area contributed by atoms with Crippen LogP contribution in [0.3, 0.4) is 0 Å². The van der Waals surface area contributed by atoms with Crippen molar-refractivity contribution in [3.8, 4) is 0 Å². The van der Waals surface area contributed by atoms with Crippen LogP contribution in [0.15, 0.2) is 42.7 Å². The molecule has 108 valence electrons. The van der Waals surface area contributed by atoms with Gasteiger partial charge < -0.3 is 10.4 Å². The number of amides is 2. The minimum absolute atomic E-state index is 0.0676. The summed E-state index contributed by atoms with van der Waals surface area (Å²) >= 11 is 0. The number of para-hydroxylation sites is 1. The fraction of sp³-hybridized carbons (Fsp3) is 0.133. The lowest BCUT2D eigenvalue weighted by Crippen LogP contribution is -2.32. The van der Waals surface area contributed by atoms with Crippen molar-refractivity contribution in [3.05, 3.63) is 53.9 Å². The molecule has 21 heavy (non-hydrogen) atoms. The third-order valence-corrected chi connectivity index (χ3v) is 3.08. The van der Waals surface area contributed by atoms with E-state index in [1.165, 1.54) is 18.0 Å². The topological polar surface area (TPSA) is 82.5 Å². The summed E-state index contributed by atoms with van der Waals surface area (Å²) in [7, 11) is 1.52. The van der Waals surface area contributed by atoms with Crippen LogP contribution in [-0.4, -0.2) is 29.1 Å². The van der Waals surface area contributed by atoms with Crippen LogP contribution in [0.2, 0.25) is 0 Å². The van der Waals surface area contributed by atoms with Crippen molar-refractivity contribution in [2.75, 3.05) is 17.3 Å². The van der Waals surface area contributed by atoms with Crippen LogP contribution < -0.4 is 10.2 Å². The predicted octanol–water partition coefficient (Wildman–Crippen LogP) is 2.76. The number of hydrogen-bond donors (Lipinski definition) is 2. The monoisotopic (exact) mass is 285 g/mol. The number of hydrogen-bond acceptors (Lipinski definition) is 3. The normalized spacial score (nSPS) is 10.0. The molecule has 2 aromatic rings. The fourth-order valence-electron chi connectivity index (χ4n) is 1.85. The first-order valence-electron chi connectivity index (χ1n) is 6.28. The van der Waals surface area contributed by atoms with Gasteiger partial charge in [-0.15, -0.1) is 0 Å². The van der Waals surface area contributed by atoms with Crippen LogP contribution in [0.1, 0.15) is 15.9 Å². The second-order valence-corrected chi connectivity index (χ2v) is 4.50. The van der Waals surface area contributed by atoms with Gasteiger partial charge in [-0.1, -0.05) is 12.1 Å². The van der Waals surface area contributed by atoms with E-state index in [1.807, 2.05) is 6.92 Å². The maximum Gasteiger partial charge on any atom is 0.337 e. The second kappa shape index (κ2) is 6.04. The van der Waals surface area contributed by atoms with Gasteiger partial charge in [0, 0.05) is 13.2 Å². The molecule has 0 fully saturated rings. The number of nitrogens with zero attached hydrogens (tertiary/aromatic N) is 2. The number of carbonyl (C=O) groups is 2. The number of benzene rings is 1. The molecular weight excluding hydrogens is 270 g/mol.